The number of anilines is 1. The molecule has 0 aromatic heterocycles. The summed E-state index contributed by atoms with van der Waals surface area (Å²) in [7, 11) is 2.06. The summed E-state index contributed by atoms with van der Waals surface area (Å²) in [5, 5.41) is 16.4. The molecule has 2 aromatic carbocycles. The number of carbonyl (C=O) groups excluding carboxylic acids is 1. The molecule has 0 aliphatic carbocycles. The fourth-order valence-electron chi connectivity index (χ4n) is 2.95. The first-order chi connectivity index (χ1) is 12.0. The number of urea groups is 1. The number of hydrogen-bond donors (Lipinski definition) is 3. The maximum absolute atomic E-state index is 11.9. The van der Waals surface area contributed by atoms with Gasteiger partial charge in [0.05, 0.1) is 6.10 Å². The molecule has 5 nitrogen and oxygen atoms in total. The average Bonchev–Trinajstić information content (AvgIpc) is 2.99. The Morgan fingerprint density at radius 3 is 2.76 bits per heavy atom. The second-order valence-corrected chi connectivity index (χ2v) is 6.70. The molecular formula is C19H22ClN3O2. The van der Waals surface area contributed by atoms with Gasteiger partial charge in [0.2, 0.25) is 0 Å². The second kappa shape index (κ2) is 7.76. The van der Waals surface area contributed by atoms with E-state index in [0.29, 0.717) is 11.6 Å². The first-order valence-electron chi connectivity index (χ1n) is 8.31. The highest BCUT2D eigenvalue weighted by Crippen LogP contribution is 2.29. The van der Waals surface area contributed by atoms with Crippen molar-refractivity contribution in [3.05, 3.63) is 64.2 Å². The van der Waals surface area contributed by atoms with Gasteiger partial charge in [-0.25, -0.2) is 4.79 Å². The number of aliphatic hydroxyl groups excluding tert-OH is 1. The van der Waals surface area contributed by atoms with E-state index in [4.69, 9.17) is 11.6 Å². The number of benzene rings is 2. The number of aliphatic hydroxyl groups is 1. The van der Waals surface area contributed by atoms with Crippen LogP contribution in [0.2, 0.25) is 5.02 Å². The van der Waals surface area contributed by atoms with Crippen molar-refractivity contribution in [2.24, 2.45) is 0 Å². The van der Waals surface area contributed by atoms with Crippen LogP contribution in [0.5, 0.6) is 0 Å². The van der Waals surface area contributed by atoms with Crippen molar-refractivity contribution in [2.45, 2.75) is 19.1 Å². The predicted molar refractivity (Wildman–Crippen MR) is 100 cm³/mol. The van der Waals surface area contributed by atoms with Crippen LogP contribution in [0, 0.1) is 0 Å². The summed E-state index contributed by atoms with van der Waals surface area (Å²) in [5.41, 5.74) is 4.24. The summed E-state index contributed by atoms with van der Waals surface area (Å²) < 4.78 is 0. The smallest absolute Gasteiger partial charge is 0.315 e. The SMILES string of the molecule is CN1CCc2cc([C@H](O)CNC(=O)NCc3ccc(Cl)cc3)ccc21. The van der Waals surface area contributed by atoms with Gasteiger partial charge >= 0.3 is 6.03 Å². The number of hydrogen-bond acceptors (Lipinski definition) is 3. The van der Waals surface area contributed by atoms with Crippen LogP contribution >= 0.6 is 11.6 Å². The highest BCUT2D eigenvalue weighted by atomic mass is 35.5. The average molecular weight is 360 g/mol. The molecular weight excluding hydrogens is 338 g/mol. The summed E-state index contributed by atoms with van der Waals surface area (Å²) >= 11 is 5.83. The van der Waals surface area contributed by atoms with Crippen LogP contribution in [0.1, 0.15) is 22.8 Å². The number of rotatable bonds is 5. The largest absolute Gasteiger partial charge is 0.387 e. The third-order valence-corrected chi connectivity index (χ3v) is 4.69. The number of nitrogens with zero attached hydrogens (tertiary/aromatic N) is 1. The lowest BCUT2D eigenvalue weighted by atomic mass is 10.0. The molecule has 25 heavy (non-hydrogen) atoms. The van der Waals surface area contributed by atoms with Crippen molar-refractivity contribution >= 4 is 23.3 Å². The Balaban J connectivity index is 1.47. The Morgan fingerprint density at radius 1 is 1.24 bits per heavy atom. The molecule has 1 heterocycles. The molecule has 0 spiro atoms. The standard InChI is InChI=1S/C19H22ClN3O2/c1-23-9-8-14-10-15(4-7-17(14)23)18(24)12-22-19(25)21-11-13-2-5-16(20)6-3-13/h2-7,10,18,24H,8-9,11-12H2,1H3,(H2,21,22,25)/t18-/m1/s1. The normalized spacial score (nSPS) is 14.1. The molecule has 132 valence electrons. The van der Waals surface area contributed by atoms with Crippen molar-refractivity contribution in [2.75, 3.05) is 25.0 Å². The predicted octanol–water partition coefficient (Wildman–Crippen LogP) is 2.87. The van der Waals surface area contributed by atoms with Gasteiger partial charge in [-0.3, -0.25) is 0 Å². The molecule has 2 aromatic rings. The van der Waals surface area contributed by atoms with Gasteiger partial charge in [0.15, 0.2) is 0 Å². The van der Waals surface area contributed by atoms with E-state index in [1.54, 1.807) is 12.1 Å². The summed E-state index contributed by atoms with van der Waals surface area (Å²) in [4.78, 5) is 14.1. The van der Waals surface area contributed by atoms with Gasteiger partial charge in [-0.15, -0.1) is 0 Å². The van der Waals surface area contributed by atoms with E-state index in [9.17, 15) is 9.90 Å². The Morgan fingerprint density at radius 2 is 2.00 bits per heavy atom. The van der Waals surface area contributed by atoms with Crippen LogP contribution in [0.4, 0.5) is 10.5 Å². The number of carbonyl (C=O) groups is 1. The number of halogens is 1. The first kappa shape index (κ1) is 17.6. The van der Waals surface area contributed by atoms with Gasteiger partial charge in [0, 0.05) is 37.4 Å². The molecule has 0 saturated carbocycles. The quantitative estimate of drug-likeness (QED) is 0.769. The number of fused-ring (bicyclic) bond motifs is 1. The molecule has 1 atom stereocenters. The molecule has 0 bridgehead atoms. The third-order valence-electron chi connectivity index (χ3n) is 4.44. The Labute approximate surface area is 152 Å². The summed E-state index contributed by atoms with van der Waals surface area (Å²) in [6.45, 7) is 1.57. The van der Waals surface area contributed by atoms with E-state index in [0.717, 1.165) is 24.1 Å². The first-order valence-corrected chi connectivity index (χ1v) is 8.69. The van der Waals surface area contributed by atoms with Crippen molar-refractivity contribution in [3.63, 3.8) is 0 Å². The number of amides is 2. The topological polar surface area (TPSA) is 64.6 Å². The lowest BCUT2D eigenvalue weighted by Crippen LogP contribution is -2.37. The molecule has 6 heteroatoms. The molecule has 0 fully saturated rings. The maximum Gasteiger partial charge on any atom is 0.315 e. The maximum atomic E-state index is 11.9. The van der Waals surface area contributed by atoms with Gasteiger partial charge in [-0.05, 0) is 41.3 Å². The number of nitrogens with one attached hydrogen (secondary N) is 2. The van der Waals surface area contributed by atoms with Crippen LogP contribution in [-0.4, -0.2) is 31.3 Å². The zero-order chi connectivity index (χ0) is 17.8. The van der Waals surface area contributed by atoms with E-state index in [1.807, 2.05) is 30.3 Å². The minimum atomic E-state index is -0.725. The lowest BCUT2D eigenvalue weighted by Gasteiger charge is -2.16. The third kappa shape index (κ3) is 4.44. The monoisotopic (exact) mass is 359 g/mol. The van der Waals surface area contributed by atoms with Crippen LogP contribution in [0.3, 0.4) is 0 Å². The molecule has 0 unspecified atom stereocenters. The Hall–Kier alpha value is -2.24. The van der Waals surface area contributed by atoms with Crippen LogP contribution in [0.25, 0.3) is 0 Å². The highest BCUT2D eigenvalue weighted by molar-refractivity contribution is 6.30. The van der Waals surface area contributed by atoms with E-state index in [2.05, 4.69) is 22.6 Å². The molecule has 2 amide bonds. The van der Waals surface area contributed by atoms with Crippen molar-refractivity contribution < 1.29 is 9.90 Å². The summed E-state index contributed by atoms with van der Waals surface area (Å²) in [5.74, 6) is 0. The zero-order valence-electron chi connectivity index (χ0n) is 14.1. The van der Waals surface area contributed by atoms with E-state index < -0.39 is 6.10 Å². The summed E-state index contributed by atoms with van der Waals surface area (Å²) in [6.07, 6.45) is 0.263. The minimum Gasteiger partial charge on any atom is -0.387 e. The van der Waals surface area contributed by atoms with Crippen molar-refractivity contribution in [1.29, 1.82) is 0 Å². The molecule has 1 aliphatic heterocycles. The van der Waals surface area contributed by atoms with Crippen LogP contribution < -0.4 is 15.5 Å². The molecule has 1 aliphatic rings. The molecule has 3 N–H and O–H groups in total. The molecule has 0 radical (unpaired) electrons. The zero-order valence-corrected chi connectivity index (χ0v) is 14.9. The van der Waals surface area contributed by atoms with Gasteiger partial charge < -0.3 is 20.6 Å². The second-order valence-electron chi connectivity index (χ2n) is 6.27. The van der Waals surface area contributed by atoms with Gasteiger partial charge in [-0.2, -0.15) is 0 Å². The van der Waals surface area contributed by atoms with Crippen molar-refractivity contribution in [1.82, 2.24) is 10.6 Å². The Kier molecular flexibility index (Phi) is 5.46. The van der Waals surface area contributed by atoms with Crippen LogP contribution in [-0.2, 0) is 13.0 Å². The van der Waals surface area contributed by atoms with Gasteiger partial charge in [0.1, 0.15) is 0 Å². The molecule has 0 saturated heterocycles. The molecule has 3 rings (SSSR count). The van der Waals surface area contributed by atoms with E-state index in [-0.39, 0.29) is 12.6 Å². The van der Waals surface area contributed by atoms with E-state index >= 15 is 0 Å². The Bertz CT molecular complexity index is 749. The van der Waals surface area contributed by atoms with Gasteiger partial charge in [-0.1, -0.05) is 35.9 Å². The van der Waals surface area contributed by atoms with Gasteiger partial charge in [0.25, 0.3) is 0 Å². The number of likely N-dealkylation sites (N-methyl/N-ethyl adjacent to an activating group) is 1. The fraction of sp³-hybridized carbons (Fsp3) is 0.316. The van der Waals surface area contributed by atoms with Crippen molar-refractivity contribution in [3.8, 4) is 0 Å². The minimum absolute atomic E-state index is 0.168. The lowest BCUT2D eigenvalue weighted by molar-refractivity contribution is 0.173. The highest BCUT2D eigenvalue weighted by Gasteiger charge is 2.18. The fourth-order valence-corrected chi connectivity index (χ4v) is 3.07. The summed E-state index contributed by atoms with van der Waals surface area (Å²) in [6, 6.07) is 12.9. The van der Waals surface area contributed by atoms with E-state index in [1.165, 1.54) is 11.3 Å². The van der Waals surface area contributed by atoms with Crippen LogP contribution in [0.15, 0.2) is 42.5 Å².